The van der Waals surface area contributed by atoms with Crippen molar-refractivity contribution in [3.8, 4) is 0 Å². The van der Waals surface area contributed by atoms with Gasteiger partial charge in [-0.05, 0) is 6.92 Å². The average molecular weight is 272 g/mol. The lowest BCUT2D eigenvalue weighted by Crippen LogP contribution is -2.42. The summed E-state index contributed by atoms with van der Waals surface area (Å²) >= 11 is 0. The molecule has 0 aliphatic heterocycles. The Morgan fingerprint density at radius 2 is 2.00 bits per heavy atom. The first-order valence-electron chi connectivity index (χ1n) is 5.11. The molecule has 0 aromatic heterocycles. The van der Waals surface area contributed by atoms with Crippen LogP contribution < -0.4 is 10.6 Å². The zero-order valence-corrected chi connectivity index (χ0v) is 9.71. The second kappa shape index (κ2) is 7.75. The van der Waals surface area contributed by atoms with Crippen LogP contribution >= 0.6 is 0 Å². The van der Waals surface area contributed by atoms with Crippen LogP contribution in [0.2, 0.25) is 0 Å². The van der Waals surface area contributed by atoms with Gasteiger partial charge in [-0.3, -0.25) is 4.79 Å². The van der Waals surface area contributed by atoms with Crippen LogP contribution in [-0.4, -0.2) is 49.1 Å². The SMILES string of the molecule is CC(CC(=O)O)NC(=O)NCCOCC(F)(F)F. The summed E-state index contributed by atoms with van der Waals surface area (Å²) < 4.78 is 39.2. The smallest absolute Gasteiger partial charge is 0.411 e. The van der Waals surface area contributed by atoms with Crippen molar-refractivity contribution in [2.75, 3.05) is 19.8 Å². The van der Waals surface area contributed by atoms with E-state index in [9.17, 15) is 22.8 Å². The number of alkyl halides is 3. The number of carbonyl (C=O) groups is 2. The summed E-state index contributed by atoms with van der Waals surface area (Å²) in [6, 6.07) is -1.22. The number of hydrogen-bond donors (Lipinski definition) is 3. The number of rotatable bonds is 7. The molecule has 0 rings (SSSR count). The fourth-order valence-electron chi connectivity index (χ4n) is 1.01. The Morgan fingerprint density at radius 1 is 1.39 bits per heavy atom. The van der Waals surface area contributed by atoms with Gasteiger partial charge >= 0.3 is 18.2 Å². The maximum atomic E-state index is 11.7. The number of amides is 2. The molecule has 6 nitrogen and oxygen atoms in total. The highest BCUT2D eigenvalue weighted by atomic mass is 19.4. The molecule has 0 aliphatic carbocycles. The van der Waals surface area contributed by atoms with Gasteiger partial charge in [0.05, 0.1) is 13.0 Å². The minimum Gasteiger partial charge on any atom is -0.481 e. The fourth-order valence-corrected chi connectivity index (χ4v) is 1.01. The summed E-state index contributed by atoms with van der Waals surface area (Å²) in [5.74, 6) is -1.06. The van der Waals surface area contributed by atoms with Gasteiger partial charge in [0.2, 0.25) is 0 Å². The van der Waals surface area contributed by atoms with Crippen molar-refractivity contribution in [1.82, 2.24) is 10.6 Å². The van der Waals surface area contributed by atoms with E-state index >= 15 is 0 Å². The molecule has 0 aromatic carbocycles. The molecule has 0 fully saturated rings. The standard InChI is InChI=1S/C9H15F3N2O4/c1-6(4-7(15)16)14-8(17)13-2-3-18-5-9(10,11)12/h6H,2-5H2,1H3,(H,15,16)(H2,13,14,17). The molecule has 0 spiro atoms. The van der Waals surface area contributed by atoms with Gasteiger partial charge in [0.15, 0.2) is 0 Å². The van der Waals surface area contributed by atoms with Crippen molar-refractivity contribution in [3.05, 3.63) is 0 Å². The van der Waals surface area contributed by atoms with Crippen molar-refractivity contribution in [2.24, 2.45) is 0 Å². The summed E-state index contributed by atoms with van der Waals surface area (Å²) in [6.45, 7) is -0.248. The lowest BCUT2D eigenvalue weighted by molar-refractivity contribution is -0.173. The molecular weight excluding hydrogens is 257 g/mol. The minimum atomic E-state index is -4.39. The molecular formula is C9H15F3N2O4. The Kier molecular flexibility index (Phi) is 7.10. The van der Waals surface area contributed by atoms with Gasteiger partial charge in [0.1, 0.15) is 6.61 Å². The van der Waals surface area contributed by atoms with E-state index in [1.54, 1.807) is 0 Å². The predicted molar refractivity (Wildman–Crippen MR) is 55.1 cm³/mol. The molecule has 2 amide bonds. The number of carboxylic acid groups (broad SMARTS) is 1. The lowest BCUT2D eigenvalue weighted by Gasteiger charge is -2.13. The van der Waals surface area contributed by atoms with Crippen LogP contribution in [0.4, 0.5) is 18.0 Å². The third-order valence-corrected chi connectivity index (χ3v) is 1.66. The zero-order valence-electron chi connectivity index (χ0n) is 9.71. The van der Waals surface area contributed by atoms with Gasteiger partial charge in [-0.15, -0.1) is 0 Å². The van der Waals surface area contributed by atoms with E-state index in [-0.39, 0.29) is 19.6 Å². The van der Waals surface area contributed by atoms with Crippen molar-refractivity contribution < 1.29 is 32.6 Å². The third kappa shape index (κ3) is 11.0. The molecule has 1 atom stereocenters. The average Bonchev–Trinajstić information content (AvgIpc) is 2.13. The molecule has 0 saturated carbocycles. The molecule has 3 N–H and O–H groups in total. The Labute approximate surface area is 101 Å². The van der Waals surface area contributed by atoms with Crippen LogP contribution in [0.25, 0.3) is 0 Å². The Morgan fingerprint density at radius 3 is 2.50 bits per heavy atom. The van der Waals surface area contributed by atoms with Crippen LogP contribution in [0.5, 0.6) is 0 Å². The topological polar surface area (TPSA) is 87.7 Å². The number of hydrogen-bond acceptors (Lipinski definition) is 3. The van der Waals surface area contributed by atoms with Gasteiger partial charge in [-0.25, -0.2) is 4.79 Å². The quantitative estimate of drug-likeness (QED) is 0.596. The second-order valence-electron chi connectivity index (χ2n) is 3.57. The number of urea groups is 1. The van der Waals surface area contributed by atoms with E-state index < -0.39 is 30.8 Å². The van der Waals surface area contributed by atoms with Gasteiger partial charge in [0, 0.05) is 12.6 Å². The summed E-state index contributed by atoms with van der Waals surface area (Å²) in [5, 5.41) is 13.0. The van der Waals surface area contributed by atoms with Crippen molar-refractivity contribution in [2.45, 2.75) is 25.6 Å². The molecule has 0 heterocycles. The first-order valence-corrected chi connectivity index (χ1v) is 5.11. The van der Waals surface area contributed by atoms with Gasteiger partial charge in [-0.2, -0.15) is 13.2 Å². The van der Waals surface area contributed by atoms with Crippen molar-refractivity contribution in [1.29, 1.82) is 0 Å². The molecule has 0 bridgehead atoms. The summed E-state index contributed by atoms with van der Waals surface area (Å²) in [4.78, 5) is 21.4. The summed E-state index contributed by atoms with van der Waals surface area (Å²) in [7, 11) is 0. The molecule has 18 heavy (non-hydrogen) atoms. The third-order valence-electron chi connectivity index (χ3n) is 1.66. The first-order chi connectivity index (χ1) is 8.20. The van der Waals surface area contributed by atoms with Crippen LogP contribution in [0.15, 0.2) is 0 Å². The normalized spacial score (nSPS) is 12.9. The molecule has 9 heteroatoms. The zero-order chi connectivity index (χ0) is 14.2. The van der Waals surface area contributed by atoms with E-state index in [4.69, 9.17) is 5.11 Å². The molecule has 1 unspecified atom stereocenters. The number of aliphatic carboxylic acids is 1. The maximum absolute atomic E-state index is 11.7. The predicted octanol–water partition coefficient (Wildman–Crippen LogP) is 0.728. The van der Waals surface area contributed by atoms with Gasteiger partial charge in [0.25, 0.3) is 0 Å². The van der Waals surface area contributed by atoms with E-state index in [1.807, 2.05) is 0 Å². The van der Waals surface area contributed by atoms with Crippen LogP contribution in [0.1, 0.15) is 13.3 Å². The second-order valence-corrected chi connectivity index (χ2v) is 3.57. The maximum Gasteiger partial charge on any atom is 0.411 e. The number of carbonyl (C=O) groups excluding carboxylic acids is 1. The monoisotopic (exact) mass is 272 g/mol. The van der Waals surface area contributed by atoms with Crippen LogP contribution in [0, 0.1) is 0 Å². The molecule has 0 saturated heterocycles. The van der Waals surface area contributed by atoms with Gasteiger partial charge < -0.3 is 20.5 Å². The highest BCUT2D eigenvalue weighted by molar-refractivity contribution is 5.75. The Bertz CT molecular complexity index is 283. The van der Waals surface area contributed by atoms with E-state index in [2.05, 4.69) is 15.4 Å². The summed E-state index contributed by atoms with van der Waals surface area (Å²) in [5.41, 5.74) is 0. The molecule has 106 valence electrons. The summed E-state index contributed by atoms with van der Waals surface area (Å²) in [6.07, 6.45) is -4.63. The van der Waals surface area contributed by atoms with Crippen LogP contribution in [-0.2, 0) is 9.53 Å². The number of carboxylic acids is 1. The van der Waals surface area contributed by atoms with Crippen LogP contribution in [0.3, 0.4) is 0 Å². The van der Waals surface area contributed by atoms with Gasteiger partial charge in [-0.1, -0.05) is 0 Å². The largest absolute Gasteiger partial charge is 0.481 e. The number of ether oxygens (including phenoxy) is 1. The van der Waals surface area contributed by atoms with Crippen molar-refractivity contribution in [3.63, 3.8) is 0 Å². The van der Waals surface area contributed by atoms with E-state index in [1.165, 1.54) is 6.92 Å². The highest BCUT2D eigenvalue weighted by Crippen LogP contribution is 2.13. The Hall–Kier alpha value is -1.51. The molecule has 0 aromatic rings. The van der Waals surface area contributed by atoms with E-state index in [0.717, 1.165) is 0 Å². The minimum absolute atomic E-state index is 0.0955. The lowest BCUT2D eigenvalue weighted by atomic mass is 10.2. The highest BCUT2D eigenvalue weighted by Gasteiger charge is 2.27. The Balaban J connectivity index is 3.57. The van der Waals surface area contributed by atoms with E-state index in [0.29, 0.717) is 0 Å². The molecule has 0 radical (unpaired) electrons. The van der Waals surface area contributed by atoms with Crippen molar-refractivity contribution >= 4 is 12.0 Å². The first kappa shape index (κ1) is 16.5. The fraction of sp³-hybridized carbons (Fsp3) is 0.778. The number of nitrogens with one attached hydrogen (secondary N) is 2. The number of halogens is 3. The molecule has 0 aliphatic rings.